The van der Waals surface area contributed by atoms with E-state index in [1.54, 1.807) is 0 Å². The van der Waals surface area contributed by atoms with E-state index in [4.69, 9.17) is 56.1 Å². The van der Waals surface area contributed by atoms with E-state index in [1.807, 2.05) is 0 Å². The average molecular weight is 1050 g/mol. The van der Waals surface area contributed by atoms with Gasteiger partial charge in [0.1, 0.15) is 30.0 Å². The first-order valence-electron chi connectivity index (χ1n) is 24.0. The maximum atomic E-state index is 11.9. The fraction of sp³-hybridized carbons (Fsp3) is 1.00. The summed E-state index contributed by atoms with van der Waals surface area (Å²) in [6.07, 6.45) is -9.01. The molecule has 10 heterocycles. The largest absolute Gasteiger partial charge is 0.399 e. The number of hydrogen-bond donors (Lipinski definition) is 5. The third-order valence-corrected chi connectivity index (χ3v) is 18.4. The first-order valence-corrected chi connectivity index (χ1v) is 28.1. The van der Waals surface area contributed by atoms with Crippen LogP contribution in [0.5, 0.6) is 0 Å². The second kappa shape index (κ2) is 18.2. The normalized spacial score (nSPS) is 53.3. The highest BCUT2D eigenvalue weighted by molar-refractivity contribution is 7.81. The molecule has 396 valence electrons. The molecule has 27 heteroatoms. The van der Waals surface area contributed by atoms with Crippen LogP contribution in [-0.4, -0.2) is 194 Å². The van der Waals surface area contributed by atoms with Gasteiger partial charge in [0, 0.05) is 51.4 Å². The van der Waals surface area contributed by atoms with Gasteiger partial charge in [0.05, 0.1) is 109 Å². The summed E-state index contributed by atoms with van der Waals surface area (Å²) in [5.41, 5.74) is -4.41. The molecular formula is C42H66O24S3. The zero-order valence-electron chi connectivity index (χ0n) is 39.0. The van der Waals surface area contributed by atoms with E-state index < -0.39 is 152 Å². The van der Waals surface area contributed by atoms with Crippen molar-refractivity contribution in [1.82, 2.24) is 0 Å². The predicted octanol–water partition coefficient (Wildman–Crippen LogP) is 1.04. The molecular weight excluding hydrogens is 985 g/mol. The molecule has 0 spiro atoms. The molecule has 10 fully saturated rings. The molecule has 0 bridgehead atoms. The SMILES string of the molecule is C[C@H]1CC[C@]2(C)O[C@]3(C)CC[C@@H]4O[C@@H]5C[C@@H]6O[C@@H]7C[C@H](OS(=O)(=O)O)[C@@](C)(CCOS(=O)(=O)O)O[C@H]7C[C@H]6O[C@H]5C[C@H]4O[C@H]3C[C@H]2O[C@H]2C[C@H]3O[C@H]4C[C@@H](O)[C@H](OS(=O)(=O)O)O[C@]4(C)[C@H](O)[C@@H]3O[C@@H]21. The maximum absolute atomic E-state index is 11.9. The van der Waals surface area contributed by atoms with Gasteiger partial charge in [0.2, 0.25) is 6.29 Å². The van der Waals surface area contributed by atoms with E-state index in [1.165, 1.54) is 13.8 Å². The molecule has 0 saturated carbocycles. The average Bonchev–Trinajstić information content (AvgIpc) is 3.35. The smallest absolute Gasteiger partial charge is 0.388 e. The molecule has 24 atom stereocenters. The minimum absolute atomic E-state index is 0.0145. The van der Waals surface area contributed by atoms with Crippen LogP contribution in [0.4, 0.5) is 0 Å². The Hall–Kier alpha value is -0.870. The first kappa shape index (κ1) is 51.6. The summed E-state index contributed by atoms with van der Waals surface area (Å²) in [5.74, 6) is -0.0398. The minimum Gasteiger partial charge on any atom is -0.388 e. The summed E-state index contributed by atoms with van der Waals surface area (Å²) in [5, 5.41) is 22.5. The molecule has 0 aromatic heterocycles. The van der Waals surface area contributed by atoms with Crippen LogP contribution < -0.4 is 0 Å². The van der Waals surface area contributed by atoms with Crippen molar-refractivity contribution >= 4 is 31.2 Å². The summed E-state index contributed by atoms with van der Waals surface area (Å²) < 4.78 is 178. The Bertz CT molecular complexity index is 2260. The number of hydrogen-bond acceptors (Lipinski definition) is 21. The first-order chi connectivity index (χ1) is 32.1. The van der Waals surface area contributed by atoms with Crippen molar-refractivity contribution in [2.24, 2.45) is 5.92 Å². The van der Waals surface area contributed by atoms with Crippen molar-refractivity contribution in [2.75, 3.05) is 6.61 Å². The summed E-state index contributed by atoms with van der Waals surface area (Å²) >= 11 is 0. The Morgan fingerprint density at radius 1 is 0.536 bits per heavy atom. The van der Waals surface area contributed by atoms with Gasteiger partial charge in [-0.3, -0.25) is 13.7 Å². The number of aliphatic hydroxyl groups excluding tert-OH is 2. The van der Waals surface area contributed by atoms with Gasteiger partial charge in [0.15, 0.2) is 0 Å². The van der Waals surface area contributed by atoms with Crippen LogP contribution in [0.1, 0.15) is 112 Å². The topological polar surface area (TPSA) is 324 Å². The van der Waals surface area contributed by atoms with E-state index in [-0.39, 0.29) is 49.6 Å². The summed E-state index contributed by atoms with van der Waals surface area (Å²) in [6.45, 7) is 8.74. The van der Waals surface area contributed by atoms with Gasteiger partial charge in [-0.25, -0.2) is 12.5 Å². The molecule has 0 aromatic carbocycles. The predicted molar refractivity (Wildman–Crippen MR) is 228 cm³/mol. The van der Waals surface area contributed by atoms with Gasteiger partial charge in [-0.05, 0) is 59.3 Å². The Kier molecular flexibility index (Phi) is 13.6. The van der Waals surface area contributed by atoms with E-state index in [0.29, 0.717) is 57.8 Å². The van der Waals surface area contributed by atoms with Gasteiger partial charge in [-0.2, -0.15) is 25.3 Å². The van der Waals surface area contributed by atoms with E-state index >= 15 is 0 Å². The van der Waals surface area contributed by atoms with Gasteiger partial charge in [-0.1, -0.05) is 6.92 Å². The second-order valence-corrected chi connectivity index (χ2v) is 25.0. The number of fused-ring (bicyclic) bond motifs is 9. The third-order valence-electron chi connectivity index (χ3n) is 17.0. The lowest BCUT2D eigenvalue weighted by molar-refractivity contribution is -0.377. The van der Waals surface area contributed by atoms with Crippen LogP contribution in [0.15, 0.2) is 0 Å². The van der Waals surface area contributed by atoms with Crippen LogP contribution >= 0.6 is 0 Å². The van der Waals surface area contributed by atoms with Crippen molar-refractivity contribution in [3.8, 4) is 0 Å². The standard InChI is InChI=1S/C42H66O24S3/c1-19-6-8-40(3)32(59-29-16-30-36(61-35(19)29)37(44)42(5)34(60-30)12-20(43)38(63-42)65-69(51,52)53)18-31-41(4,66-40)9-7-21-22(58-31)13-24-23(55-21)14-25-26(56-24)15-28-27(57-25)17-33(64-68(48,49)50)39(2,62-28)10-11-54-67(45,46)47/h19-38,43-44H,6-18H2,1-5H3,(H,45,46,47)(H,48,49,50)(H,51,52,53)/t19-,20+,21-,22+,23+,24-,25-,26+,27+,28-,29-,30+,31-,32+,33-,34-,35+,36+,37+,38-,39+,40-,41+,42-/m0/s1. The molecule has 0 unspecified atom stereocenters. The summed E-state index contributed by atoms with van der Waals surface area (Å²) in [6, 6.07) is 0. The highest BCUT2D eigenvalue weighted by atomic mass is 32.3. The molecule has 69 heavy (non-hydrogen) atoms. The lowest BCUT2D eigenvalue weighted by Gasteiger charge is -2.59. The Labute approximate surface area is 401 Å². The van der Waals surface area contributed by atoms with E-state index in [9.17, 15) is 44.6 Å². The summed E-state index contributed by atoms with van der Waals surface area (Å²) in [7, 11) is -14.7. The van der Waals surface area contributed by atoms with E-state index in [2.05, 4.69) is 29.1 Å². The lowest BCUT2D eigenvalue weighted by atomic mass is 9.73. The molecule has 0 radical (unpaired) electrons. The maximum Gasteiger partial charge on any atom is 0.399 e. The van der Waals surface area contributed by atoms with Crippen LogP contribution in [-0.2, 0) is 91.1 Å². The van der Waals surface area contributed by atoms with Gasteiger partial charge in [0.25, 0.3) is 0 Å². The molecule has 5 N–H and O–H groups in total. The van der Waals surface area contributed by atoms with Gasteiger partial charge in [-0.15, -0.1) is 0 Å². The quantitative estimate of drug-likeness (QED) is 0.212. The third kappa shape index (κ3) is 10.2. The molecule has 0 amide bonds. The second-order valence-electron chi connectivity index (χ2n) is 21.8. The molecule has 10 aliphatic heterocycles. The van der Waals surface area contributed by atoms with Crippen LogP contribution in [0, 0.1) is 5.92 Å². The zero-order valence-corrected chi connectivity index (χ0v) is 41.4. The molecule has 0 aliphatic carbocycles. The van der Waals surface area contributed by atoms with Gasteiger partial charge < -0.3 is 57.6 Å². The zero-order chi connectivity index (χ0) is 49.4. The monoisotopic (exact) mass is 1050 g/mol. The lowest BCUT2D eigenvalue weighted by Crippen LogP contribution is -2.73. The fourth-order valence-electron chi connectivity index (χ4n) is 13.3. The highest BCUT2D eigenvalue weighted by Crippen LogP contribution is 2.53. The number of aliphatic hydroxyl groups is 2. The van der Waals surface area contributed by atoms with Crippen LogP contribution in [0.3, 0.4) is 0 Å². The van der Waals surface area contributed by atoms with Gasteiger partial charge >= 0.3 is 31.2 Å². The molecule has 0 aromatic rings. The van der Waals surface area contributed by atoms with Crippen molar-refractivity contribution in [1.29, 1.82) is 0 Å². The van der Waals surface area contributed by atoms with Crippen molar-refractivity contribution in [3.63, 3.8) is 0 Å². The fourth-order valence-corrected chi connectivity index (χ4v) is 14.5. The van der Waals surface area contributed by atoms with Crippen molar-refractivity contribution in [3.05, 3.63) is 0 Å². The van der Waals surface area contributed by atoms with Crippen molar-refractivity contribution in [2.45, 2.75) is 250 Å². The Morgan fingerprint density at radius 2 is 1.06 bits per heavy atom. The Balaban J connectivity index is 0.807. The van der Waals surface area contributed by atoms with Crippen LogP contribution in [0.2, 0.25) is 0 Å². The molecule has 10 rings (SSSR count). The van der Waals surface area contributed by atoms with Crippen LogP contribution in [0.25, 0.3) is 0 Å². The van der Waals surface area contributed by atoms with Crippen molar-refractivity contribution < 1.29 is 109 Å². The molecule has 24 nitrogen and oxygen atoms in total. The number of ether oxygens (including phenoxy) is 10. The Morgan fingerprint density at radius 3 is 1.68 bits per heavy atom. The molecule has 10 aliphatic rings. The van der Waals surface area contributed by atoms with E-state index in [0.717, 1.165) is 0 Å². The molecule has 10 saturated heterocycles. The number of rotatable bonds is 8. The highest BCUT2D eigenvalue weighted by Gasteiger charge is 2.64. The minimum atomic E-state index is -4.99. The summed E-state index contributed by atoms with van der Waals surface area (Å²) in [4.78, 5) is 0.